The van der Waals surface area contributed by atoms with E-state index in [1.165, 1.54) is 17.5 Å². The third kappa shape index (κ3) is 5.35. The Morgan fingerprint density at radius 2 is 1.72 bits per heavy atom. The van der Waals surface area contributed by atoms with Crippen molar-refractivity contribution in [3.63, 3.8) is 0 Å². The third-order valence-corrected chi connectivity index (χ3v) is 5.42. The van der Waals surface area contributed by atoms with Crippen molar-refractivity contribution in [3.05, 3.63) is 53.6 Å². The molecule has 2 aromatic carbocycles. The molecule has 0 saturated heterocycles. The van der Waals surface area contributed by atoms with Crippen LogP contribution in [-0.2, 0) is 22.4 Å². The number of anilines is 2. The van der Waals surface area contributed by atoms with Gasteiger partial charge in [0.05, 0.1) is 19.7 Å². The lowest BCUT2D eigenvalue weighted by Gasteiger charge is -2.26. The summed E-state index contributed by atoms with van der Waals surface area (Å²) in [4.78, 5) is 27.0. The van der Waals surface area contributed by atoms with Crippen molar-refractivity contribution in [3.8, 4) is 5.75 Å². The minimum absolute atomic E-state index is 0.109. The number of ether oxygens (including phenoxy) is 1. The Kier molecular flexibility index (Phi) is 6.88. The number of likely N-dealkylation sites (N-methyl/N-ethyl adjacent to an activating group) is 1. The number of nitrogens with zero attached hydrogens (tertiary/aromatic N) is 1. The van der Waals surface area contributed by atoms with Crippen molar-refractivity contribution in [1.29, 1.82) is 0 Å². The van der Waals surface area contributed by atoms with Gasteiger partial charge in [0.2, 0.25) is 11.8 Å². The maximum absolute atomic E-state index is 12.7. The number of benzene rings is 2. The lowest BCUT2D eigenvalue weighted by atomic mass is 10.1. The number of aryl methyl sites for hydroxylation is 2. The van der Waals surface area contributed by atoms with E-state index in [0.29, 0.717) is 12.2 Å². The molecule has 1 aliphatic carbocycles. The highest BCUT2D eigenvalue weighted by Gasteiger charge is 2.23. The summed E-state index contributed by atoms with van der Waals surface area (Å²) in [5.41, 5.74) is 4.21. The van der Waals surface area contributed by atoms with Crippen LogP contribution in [0, 0.1) is 0 Å². The first-order valence-corrected chi connectivity index (χ1v) is 10.1. The maximum atomic E-state index is 12.7. The predicted octanol–water partition coefficient (Wildman–Crippen LogP) is 3.47. The van der Waals surface area contributed by atoms with Crippen LogP contribution in [0.4, 0.5) is 11.4 Å². The largest absolute Gasteiger partial charge is 0.497 e. The van der Waals surface area contributed by atoms with Crippen LogP contribution in [0.5, 0.6) is 5.75 Å². The lowest BCUT2D eigenvalue weighted by Crippen LogP contribution is -2.45. The minimum Gasteiger partial charge on any atom is -0.497 e. The molecule has 2 aromatic rings. The topological polar surface area (TPSA) is 70.7 Å². The number of rotatable bonds is 8. The van der Waals surface area contributed by atoms with Gasteiger partial charge in [-0.1, -0.05) is 13.0 Å². The van der Waals surface area contributed by atoms with Crippen LogP contribution >= 0.6 is 0 Å². The van der Waals surface area contributed by atoms with Gasteiger partial charge in [0.25, 0.3) is 0 Å². The zero-order valence-electron chi connectivity index (χ0n) is 17.3. The SMILES string of the molecule is CCN(CC(=O)Nc1ccc(OC)cc1)C(C)C(=O)Nc1ccc2c(c1)CCC2. The van der Waals surface area contributed by atoms with E-state index in [1.807, 2.05) is 24.8 Å². The Hall–Kier alpha value is -2.86. The van der Waals surface area contributed by atoms with Gasteiger partial charge in [-0.25, -0.2) is 0 Å². The van der Waals surface area contributed by atoms with Crippen LogP contribution in [0.2, 0.25) is 0 Å². The number of fused-ring (bicyclic) bond motifs is 1. The van der Waals surface area contributed by atoms with Crippen LogP contribution in [0.3, 0.4) is 0 Å². The zero-order valence-corrected chi connectivity index (χ0v) is 17.3. The van der Waals surface area contributed by atoms with Crippen LogP contribution in [-0.4, -0.2) is 43.0 Å². The molecule has 154 valence electrons. The van der Waals surface area contributed by atoms with Gasteiger partial charge >= 0.3 is 0 Å². The fraction of sp³-hybridized carbons (Fsp3) is 0.391. The van der Waals surface area contributed by atoms with Crippen molar-refractivity contribution >= 4 is 23.2 Å². The molecule has 0 aromatic heterocycles. The van der Waals surface area contributed by atoms with E-state index >= 15 is 0 Å². The molecular formula is C23H29N3O3. The summed E-state index contributed by atoms with van der Waals surface area (Å²) in [5, 5.41) is 5.86. The molecule has 0 aliphatic heterocycles. The molecule has 0 heterocycles. The Labute approximate surface area is 172 Å². The van der Waals surface area contributed by atoms with Crippen LogP contribution in [0.1, 0.15) is 31.4 Å². The van der Waals surface area contributed by atoms with E-state index in [4.69, 9.17) is 4.74 Å². The number of carbonyl (C=O) groups excluding carboxylic acids is 2. The van der Waals surface area contributed by atoms with Gasteiger partial charge in [0, 0.05) is 11.4 Å². The van der Waals surface area contributed by atoms with Gasteiger partial charge in [-0.3, -0.25) is 14.5 Å². The summed E-state index contributed by atoms with van der Waals surface area (Å²) in [6.45, 7) is 4.50. The van der Waals surface area contributed by atoms with Crippen molar-refractivity contribution in [2.75, 3.05) is 30.8 Å². The number of amides is 2. The molecule has 3 rings (SSSR count). The van der Waals surface area contributed by atoms with Crippen molar-refractivity contribution in [2.24, 2.45) is 0 Å². The first-order chi connectivity index (χ1) is 14.0. The highest BCUT2D eigenvalue weighted by atomic mass is 16.5. The van der Waals surface area contributed by atoms with Gasteiger partial charge in [-0.15, -0.1) is 0 Å². The molecule has 0 radical (unpaired) electrons. The van der Waals surface area contributed by atoms with Crippen molar-refractivity contribution in [1.82, 2.24) is 4.90 Å². The van der Waals surface area contributed by atoms with Gasteiger partial charge in [0.15, 0.2) is 0 Å². The molecule has 6 heteroatoms. The number of hydrogen-bond acceptors (Lipinski definition) is 4. The van der Waals surface area contributed by atoms with E-state index in [1.54, 1.807) is 31.4 Å². The monoisotopic (exact) mass is 395 g/mol. The standard InChI is InChI=1S/C23H29N3O3/c1-4-26(15-22(27)24-19-10-12-21(29-3)13-11-19)16(2)23(28)25-20-9-8-17-6-5-7-18(17)14-20/h8-14,16H,4-7,15H2,1-3H3,(H,24,27)(H,25,28). The number of carbonyl (C=O) groups is 2. The maximum Gasteiger partial charge on any atom is 0.241 e. The quantitative estimate of drug-likeness (QED) is 0.718. The number of hydrogen-bond donors (Lipinski definition) is 2. The van der Waals surface area contributed by atoms with Crippen molar-refractivity contribution in [2.45, 2.75) is 39.2 Å². The molecule has 2 amide bonds. The van der Waals surface area contributed by atoms with E-state index < -0.39 is 6.04 Å². The zero-order chi connectivity index (χ0) is 20.8. The second-order valence-electron chi connectivity index (χ2n) is 7.34. The van der Waals surface area contributed by atoms with Gasteiger partial charge in [0.1, 0.15) is 5.75 Å². The molecule has 1 unspecified atom stereocenters. The van der Waals surface area contributed by atoms with Gasteiger partial charge in [-0.2, -0.15) is 0 Å². The fourth-order valence-electron chi connectivity index (χ4n) is 3.64. The summed E-state index contributed by atoms with van der Waals surface area (Å²) in [6.07, 6.45) is 3.37. The molecular weight excluding hydrogens is 366 g/mol. The second kappa shape index (κ2) is 9.56. The number of nitrogens with one attached hydrogen (secondary N) is 2. The highest BCUT2D eigenvalue weighted by molar-refractivity contribution is 5.96. The summed E-state index contributed by atoms with van der Waals surface area (Å²) < 4.78 is 5.12. The summed E-state index contributed by atoms with van der Waals surface area (Å²) in [6, 6.07) is 12.9. The molecule has 0 saturated carbocycles. The predicted molar refractivity (Wildman–Crippen MR) is 115 cm³/mol. The molecule has 0 spiro atoms. The molecule has 29 heavy (non-hydrogen) atoms. The summed E-state index contributed by atoms with van der Waals surface area (Å²) in [7, 11) is 1.60. The van der Waals surface area contributed by atoms with Crippen LogP contribution in [0.25, 0.3) is 0 Å². The third-order valence-electron chi connectivity index (χ3n) is 5.42. The first kappa shape index (κ1) is 20.9. The minimum atomic E-state index is -0.421. The molecule has 2 N–H and O–H groups in total. The summed E-state index contributed by atoms with van der Waals surface area (Å²) in [5.74, 6) is 0.464. The molecule has 0 bridgehead atoms. The van der Waals surface area contributed by atoms with Crippen molar-refractivity contribution < 1.29 is 14.3 Å². The van der Waals surface area contributed by atoms with E-state index in [2.05, 4.69) is 22.8 Å². The molecule has 1 atom stereocenters. The Morgan fingerprint density at radius 3 is 2.41 bits per heavy atom. The van der Waals surface area contributed by atoms with Crippen LogP contribution in [0.15, 0.2) is 42.5 Å². The first-order valence-electron chi connectivity index (χ1n) is 10.1. The average molecular weight is 396 g/mol. The number of methoxy groups -OCH3 is 1. The van der Waals surface area contributed by atoms with Gasteiger partial charge in [-0.05, 0) is 80.3 Å². The molecule has 6 nitrogen and oxygen atoms in total. The normalized spacial score (nSPS) is 13.7. The van der Waals surface area contributed by atoms with Gasteiger partial charge < -0.3 is 15.4 Å². The fourth-order valence-corrected chi connectivity index (χ4v) is 3.64. The molecule has 1 aliphatic rings. The lowest BCUT2D eigenvalue weighted by molar-refractivity contribution is -0.123. The Balaban J connectivity index is 1.56. The van der Waals surface area contributed by atoms with E-state index in [9.17, 15) is 9.59 Å². The highest BCUT2D eigenvalue weighted by Crippen LogP contribution is 2.25. The average Bonchev–Trinajstić information content (AvgIpc) is 3.20. The van der Waals surface area contributed by atoms with Crippen LogP contribution < -0.4 is 15.4 Å². The summed E-state index contributed by atoms with van der Waals surface area (Å²) >= 11 is 0. The van der Waals surface area contributed by atoms with E-state index in [-0.39, 0.29) is 18.4 Å². The smallest absolute Gasteiger partial charge is 0.241 e. The Bertz CT molecular complexity index is 864. The Morgan fingerprint density at radius 1 is 1.03 bits per heavy atom. The van der Waals surface area contributed by atoms with E-state index in [0.717, 1.165) is 24.3 Å². The molecule has 0 fully saturated rings. The second-order valence-corrected chi connectivity index (χ2v) is 7.34.